The van der Waals surface area contributed by atoms with Crippen molar-refractivity contribution < 1.29 is 0 Å². The molecular formula is C22H28N16. The largest absolute Gasteiger partial charge is 0.382 e. The summed E-state index contributed by atoms with van der Waals surface area (Å²) in [6.45, 7) is 7.14. The molecule has 0 amide bonds. The van der Waals surface area contributed by atoms with Crippen molar-refractivity contribution in [3.8, 4) is 12.1 Å². The summed E-state index contributed by atoms with van der Waals surface area (Å²) in [5, 5.41) is 50.9. The number of nitrogens with zero attached hydrogens (tertiary/aromatic N) is 14. The van der Waals surface area contributed by atoms with Gasteiger partial charge in [0.1, 0.15) is 34.9 Å². The van der Waals surface area contributed by atoms with E-state index in [1.165, 1.54) is 14.0 Å². The number of rotatable bonds is 4. The van der Waals surface area contributed by atoms with Gasteiger partial charge in [-0.3, -0.25) is 14.0 Å². The quantitative estimate of drug-likeness (QED) is 0.382. The second-order valence-corrected chi connectivity index (χ2v) is 8.32. The second kappa shape index (κ2) is 10.7. The average Bonchev–Trinajstić information content (AvgIpc) is 3.48. The Morgan fingerprint density at radius 2 is 1.08 bits per heavy atom. The highest BCUT2D eigenvalue weighted by atomic mass is 15.4. The van der Waals surface area contributed by atoms with Gasteiger partial charge in [-0.15, -0.1) is 25.6 Å². The molecular weight excluding hydrogens is 488 g/mol. The number of nitrogen functional groups attached to an aromatic ring is 2. The Morgan fingerprint density at radius 1 is 0.605 bits per heavy atom. The molecule has 4 rings (SSSR count). The van der Waals surface area contributed by atoms with Crippen LogP contribution in [0.25, 0.3) is 0 Å². The minimum absolute atomic E-state index is 0.283. The zero-order valence-electron chi connectivity index (χ0n) is 22.4. The van der Waals surface area contributed by atoms with Crippen molar-refractivity contribution in [2.24, 2.45) is 48.6 Å². The summed E-state index contributed by atoms with van der Waals surface area (Å²) in [6.07, 6.45) is 0. The van der Waals surface area contributed by atoms with Crippen LogP contribution in [0.1, 0.15) is 33.9 Å². The van der Waals surface area contributed by atoms with Crippen LogP contribution < -0.4 is 11.5 Å². The van der Waals surface area contributed by atoms with Crippen molar-refractivity contribution in [1.29, 1.82) is 10.5 Å². The highest BCUT2D eigenvalue weighted by Crippen LogP contribution is 2.30. The van der Waals surface area contributed by atoms with Gasteiger partial charge in [0.25, 0.3) is 0 Å². The van der Waals surface area contributed by atoms with Gasteiger partial charge in [0, 0.05) is 28.2 Å². The van der Waals surface area contributed by atoms with E-state index in [0.717, 1.165) is 5.69 Å². The molecule has 0 bridgehead atoms. The Labute approximate surface area is 218 Å². The van der Waals surface area contributed by atoms with Crippen molar-refractivity contribution in [1.82, 2.24) is 39.1 Å². The molecule has 0 atom stereocenters. The summed E-state index contributed by atoms with van der Waals surface area (Å²) >= 11 is 0. The number of aryl methyl sites for hydroxylation is 7. The van der Waals surface area contributed by atoms with E-state index in [1.807, 2.05) is 0 Å². The van der Waals surface area contributed by atoms with E-state index in [1.54, 1.807) is 60.6 Å². The van der Waals surface area contributed by atoms with Crippen molar-refractivity contribution in [3.05, 3.63) is 33.9 Å². The lowest BCUT2D eigenvalue weighted by Crippen LogP contribution is -1.96. The van der Waals surface area contributed by atoms with Gasteiger partial charge in [0.15, 0.2) is 17.2 Å². The normalized spacial score (nSPS) is 11.1. The summed E-state index contributed by atoms with van der Waals surface area (Å²) < 4.78 is 6.16. The number of nitriles is 2. The predicted octanol–water partition coefficient (Wildman–Crippen LogP) is 3.28. The molecule has 38 heavy (non-hydrogen) atoms. The van der Waals surface area contributed by atoms with Crippen molar-refractivity contribution in [2.45, 2.75) is 27.7 Å². The van der Waals surface area contributed by atoms with E-state index in [9.17, 15) is 0 Å². The van der Waals surface area contributed by atoms with Crippen LogP contribution in [0.2, 0.25) is 0 Å². The van der Waals surface area contributed by atoms with Crippen LogP contribution in [-0.2, 0) is 28.2 Å². The van der Waals surface area contributed by atoms with Gasteiger partial charge in [-0.1, -0.05) is 0 Å². The zero-order chi connectivity index (χ0) is 28.3. The number of aromatic nitrogens is 8. The van der Waals surface area contributed by atoms with E-state index in [2.05, 4.69) is 53.0 Å². The van der Waals surface area contributed by atoms with Crippen molar-refractivity contribution in [2.75, 3.05) is 11.5 Å². The fourth-order valence-electron chi connectivity index (χ4n) is 3.45. The first-order chi connectivity index (χ1) is 17.9. The van der Waals surface area contributed by atoms with Crippen LogP contribution in [0.5, 0.6) is 0 Å². The summed E-state index contributed by atoms with van der Waals surface area (Å²) in [5.74, 6) is 1.54. The first kappa shape index (κ1) is 27.2. The molecule has 0 spiro atoms. The van der Waals surface area contributed by atoms with Crippen molar-refractivity contribution in [3.63, 3.8) is 0 Å². The monoisotopic (exact) mass is 516 g/mol. The Morgan fingerprint density at radius 3 is 1.53 bits per heavy atom. The molecule has 4 N–H and O–H groups in total. The highest BCUT2D eigenvalue weighted by Gasteiger charge is 2.15. The van der Waals surface area contributed by atoms with Crippen LogP contribution >= 0.6 is 0 Å². The lowest BCUT2D eigenvalue weighted by molar-refractivity contribution is 0.739. The van der Waals surface area contributed by atoms with E-state index >= 15 is 0 Å². The van der Waals surface area contributed by atoms with Crippen LogP contribution in [0, 0.1) is 50.4 Å². The molecule has 16 nitrogen and oxygen atoms in total. The first-order valence-electron chi connectivity index (χ1n) is 11.2. The molecule has 0 unspecified atom stereocenters. The van der Waals surface area contributed by atoms with Gasteiger partial charge in [-0.2, -0.15) is 25.8 Å². The third kappa shape index (κ3) is 5.09. The van der Waals surface area contributed by atoms with Crippen LogP contribution in [0.15, 0.2) is 20.5 Å². The van der Waals surface area contributed by atoms with Crippen LogP contribution in [-0.4, -0.2) is 39.1 Å². The van der Waals surface area contributed by atoms with Gasteiger partial charge in [0.2, 0.25) is 5.82 Å². The standard InChI is InChI=1S/2C11H14N8/c1-6-9(10(13)19(4)16-6)14-15-11-8(5-12)7(2)18(3)17-11;1-6-8(5-12)11(19(4)16-6)15-14-9-7(2)17-18(3)10(9)13/h2*13H2,1-4H3. The third-order valence-electron chi connectivity index (χ3n) is 5.69. The van der Waals surface area contributed by atoms with E-state index in [0.29, 0.717) is 57.0 Å². The molecule has 0 aliphatic carbocycles. The van der Waals surface area contributed by atoms with Crippen LogP contribution in [0.3, 0.4) is 0 Å². The third-order valence-corrected chi connectivity index (χ3v) is 5.69. The topological polar surface area (TPSA) is 220 Å². The van der Waals surface area contributed by atoms with E-state index < -0.39 is 0 Å². The molecule has 4 aromatic heterocycles. The SMILES string of the molecule is Cc1nn(C)c(N)c1N=Nc1nn(C)c(C)c1C#N.Cc1nn(C)c(N=Nc2c(C)nn(C)c2N)c1C#N. The average molecular weight is 517 g/mol. The number of nitrogens with two attached hydrogens (primary N) is 2. The summed E-state index contributed by atoms with van der Waals surface area (Å²) in [4.78, 5) is 0. The first-order valence-corrected chi connectivity index (χ1v) is 11.2. The van der Waals surface area contributed by atoms with Gasteiger partial charge < -0.3 is 11.5 Å². The Balaban J connectivity index is 0.000000211. The molecule has 16 heteroatoms. The smallest absolute Gasteiger partial charge is 0.213 e. The zero-order valence-corrected chi connectivity index (χ0v) is 22.4. The molecule has 0 saturated heterocycles. The van der Waals surface area contributed by atoms with Crippen molar-refractivity contribution >= 4 is 34.6 Å². The molecule has 0 fully saturated rings. The van der Waals surface area contributed by atoms with Crippen LogP contribution in [0.4, 0.5) is 34.6 Å². The van der Waals surface area contributed by atoms with Gasteiger partial charge in [-0.05, 0) is 27.7 Å². The predicted molar refractivity (Wildman–Crippen MR) is 138 cm³/mol. The Kier molecular flexibility index (Phi) is 7.67. The van der Waals surface area contributed by atoms with Gasteiger partial charge in [-0.25, -0.2) is 4.68 Å². The molecule has 0 saturated carbocycles. The Hall–Kier alpha value is -5.38. The lowest BCUT2D eigenvalue weighted by Gasteiger charge is -1.95. The second-order valence-electron chi connectivity index (χ2n) is 8.32. The number of hydrogen-bond donors (Lipinski definition) is 2. The number of hydrogen-bond acceptors (Lipinski definition) is 12. The highest BCUT2D eigenvalue weighted by molar-refractivity contribution is 5.62. The van der Waals surface area contributed by atoms with E-state index in [-0.39, 0.29) is 5.82 Å². The van der Waals surface area contributed by atoms with Gasteiger partial charge in [0.05, 0.1) is 22.8 Å². The minimum Gasteiger partial charge on any atom is -0.382 e. The summed E-state index contributed by atoms with van der Waals surface area (Å²) in [6, 6.07) is 4.13. The molecule has 0 aromatic carbocycles. The molecule has 0 aliphatic rings. The lowest BCUT2D eigenvalue weighted by atomic mass is 10.3. The molecule has 4 heterocycles. The Bertz CT molecular complexity index is 1630. The minimum atomic E-state index is 0.283. The molecule has 0 aliphatic heterocycles. The van der Waals surface area contributed by atoms with Gasteiger partial charge >= 0.3 is 0 Å². The molecule has 196 valence electrons. The summed E-state index contributed by atoms with van der Waals surface area (Å²) in [7, 11) is 6.92. The number of azo groups is 2. The number of anilines is 2. The fraction of sp³-hybridized carbons (Fsp3) is 0.364. The van der Waals surface area contributed by atoms with E-state index in [4.69, 9.17) is 22.0 Å². The maximum Gasteiger partial charge on any atom is 0.213 e. The summed E-state index contributed by atoms with van der Waals surface area (Å²) in [5.41, 5.74) is 16.2. The fourth-order valence-corrected chi connectivity index (χ4v) is 3.45. The maximum atomic E-state index is 9.08. The molecule has 0 radical (unpaired) electrons. The maximum absolute atomic E-state index is 9.08. The molecule has 4 aromatic rings.